The maximum absolute atomic E-state index is 11.9. The molecule has 1 aliphatic heterocycles. The molecule has 2 aromatic heterocycles. The van der Waals surface area contributed by atoms with Gasteiger partial charge < -0.3 is 9.80 Å². The van der Waals surface area contributed by atoms with Crippen LogP contribution in [0.2, 0.25) is 0 Å². The molecule has 3 heterocycles. The number of nitrogens with zero attached hydrogens (tertiary/aromatic N) is 4. The summed E-state index contributed by atoms with van der Waals surface area (Å²) in [5.74, 6) is 1.82. The minimum Gasteiger partial charge on any atom is -0.367 e. The van der Waals surface area contributed by atoms with E-state index < -0.39 is 10.0 Å². The molecule has 0 radical (unpaired) electrons. The van der Waals surface area contributed by atoms with Crippen molar-refractivity contribution in [2.24, 2.45) is 5.14 Å². The van der Waals surface area contributed by atoms with Crippen LogP contribution in [0, 0.1) is 0 Å². The third kappa shape index (κ3) is 3.50. The number of anilines is 2. The zero-order chi connectivity index (χ0) is 19.0. The lowest BCUT2D eigenvalue weighted by atomic mass is 10.2. The Labute approximate surface area is 162 Å². The molecule has 0 aliphatic carbocycles. The molecule has 1 aliphatic rings. The first-order valence-corrected chi connectivity index (χ1v) is 11.3. The number of benzene rings is 1. The number of rotatable bonds is 4. The topological polar surface area (TPSA) is 92.4 Å². The third-order valence-corrected chi connectivity index (χ3v) is 6.52. The number of nitrogens with two attached hydrogens (primary N) is 1. The number of fused-ring (bicyclic) bond motifs is 1. The molecule has 0 amide bonds. The number of sulfonamides is 1. The Hall–Kier alpha value is -2.23. The summed E-state index contributed by atoms with van der Waals surface area (Å²) >= 11 is 1.63. The average molecular weight is 404 g/mol. The standard InChI is InChI=1S/C18H21N5O2S2/c1-2-16-20-17(13-7-12-26-18(13)21-16)23-10-8-22(9-11-23)14-5-3-4-6-15(14)27(19,24)25/h3-7,12H,2,8-11H2,1H3,(H2,19,24,25). The van der Waals surface area contributed by atoms with Gasteiger partial charge in [-0.1, -0.05) is 19.1 Å². The van der Waals surface area contributed by atoms with Crippen LogP contribution in [0.1, 0.15) is 12.7 Å². The minimum atomic E-state index is -3.75. The highest BCUT2D eigenvalue weighted by atomic mass is 32.2. The van der Waals surface area contributed by atoms with Gasteiger partial charge in [-0.3, -0.25) is 0 Å². The summed E-state index contributed by atoms with van der Waals surface area (Å²) in [6.07, 6.45) is 0.794. The normalized spacial score (nSPS) is 15.5. The van der Waals surface area contributed by atoms with Gasteiger partial charge in [0.2, 0.25) is 10.0 Å². The summed E-state index contributed by atoms with van der Waals surface area (Å²) in [4.78, 5) is 14.9. The molecule has 3 aromatic rings. The molecule has 1 aromatic carbocycles. The van der Waals surface area contributed by atoms with Crippen LogP contribution < -0.4 is 14.9 Å². The fourth-order valence-corrected chi connectivity index (χ4v) is 4.93. The van der Waals surface area contributed by atoms with E-state index in [1.54, 1.807) is 23.5 Å². The van der Waals surface area contributed by atoms with Gasteiger partial charge in [0.15, 0.2) is 0 Å². The quantitative estimate of drug-likeness (QED) is 0.718. The largest absolute Gasteiger partial charge is 0.367 e. The van der Waals surface area contributed by atoms with E-state index in [9.17, 15) is 8.42 Å². The predicted octanol–water partition coefficient (Wildman–Crippen LogP) is 2.23. The molecular formula is C18H21N5O2S2. The van der Waals surface area contributed by atoms with Crippen LogP contribution in [-0.4, -0.2) is 44.6 Å². The molecule has 0 atom stereocenters. The van der Waals surface area contributed by atoms with Crippen LogP contribution in [0.25, 0.3) is 10.2 Å². The van der Waals surface area contributed by atoms with E-state index in [0.717, 1.165) is 41.4 Å². The van der Waals surface area contributed by atoms with Crippen molar-refractivity contribution >= 4 is 43.1 Å². The van der Waals surface area contributed by atoms with Crippen molar-refractivity contribution in [1.82, 2.24) is 9.97 Å². The van der Waals surface area contributed by atoms with Gasteiger partial charge in [0, 0.05) is 32.6 Å². The van der Waals surface area contributed by atoms with Gasteiger partial charge in [-0.2, -0.15) is 0 Å². The molecule has 2 N–H and O–H groups in total. The molecule has 0 spiro atoms. The van der Waals surface area contributed by atoms with Crippen molar-refractivity contribution in [2.75, 3.05) is 36.0 Å². The van der Waals surface area contributed by atoms with Gasteiger partial charge in [0.1, 0.15) is 21.4 Å². The summed E-state index contributed by atoms with van der Waals surface area (Å²) in [7, 11) is -3.75. The minimum absolute atomic E-state index is 0.175. The molecule has 0 bridgehead atoms. The van der Waals surface area contributed by atoms with Crippen molar-refractivity contribution in [1.29, 1.82) is 0 Å². The fraction of sp³-hybridized carbons (Fsp3) is 0.333. The number of hydrogen-bond donors (Lipinski definition) is 1. The summed E-state index contributed by atoms with van der Waals surface area (Å²) in [6.45, 7) is 4.96. The number of thiophene rings is 1. The second-order valence-electron chi connectivity index (χ2n) is 6.44. The lowest BCUT2D eigenvalue weighted by Crippen LogP contribution is -2.47. The molecule has 1 saturated heterocycles. The Balaban J connectivity index is 1.60. The van der Waals surface area contributed by atoms with Crippen LogP contribution in [0.5, 0.6) is 0 Å². The summed E-state index contributed by atoms with van der Waals surface area (Å²) in [6, 6.07) is 8.97. The monoisotopic (exact) mass is 403 g/mol. The molecule has 142 valence electrons. The van der Waals surface area contributed by atoms with Crippen molar-refractivity contribution in [3.05, 3.63) is 41.5 Å². The number of primary sulfonamides is 1. The summed E-state index contributed by atoms with van der Waals surface area (Å²) in [5, 5.41) is 8.51. The van der Waals surface area contributed by atoms with Crippen LogP contribution in [0.15, 0.2) is 40.6 Å². The molecule has 7 nitrogen and oxygen atoms in total. The van der Waals surface area contributed by atoms with Crippen LogP contribution in [0.3, 0.4) is 0 Å². The Bertz CT molecular complexity index is 1070. The number of para-hydroxylation sites is 1. The first kappa shape index (κ1) is 18.1. The molecular weight excluding hydrogens is 382 g/mol. The van der Waals surface area contributed by atoms with Gasteiger partial charge in [0.25, 0.3) is 0 Å². The number of aromatic nitrogens is 2. The maximum atomic E-state index is 11.9. The Morgan fingerprint density at radius 2 is 1.78 bits per heavy atom. The Morgan fingerprint density at radius 3 is 2.48 bits per heavy atom. The predicted molar refractivity (Wildman–Crippen MR) is 109 cm³/mol. The van der Waals surface area contributed by atoms with Crippen molar-refractivity contribution < 1.29 is 8.42 Å². The highest BCUT2D eigenvalue weighted by molar-refractivity contribution is 7.89. The highest BCUT2D eigenvalue weighted by Crippen LogP contribution is 2.30. The Morgan fingerprint density at radius 1 is 1.07 bits per heavy atom. The van der Waals surface area contributed by atoms with E-state index in [4.69, 9.17) is 10.1 Å². The molecule has 0 saturated carbocycles. The number of hydrogen-bond acceptors (Lipinski definition) is 7. The molecule has 4 rings (SSSR count). The van der Waals surface area contributed by atoms with E-state index in [1.807, 2.05) is 17.5 Å². The summed E-state index contributed by atoms with van der Waals surface area (Å²) in [5.41, 5.74) is 0.664. The van der Waals surface area contributed by atoms with Crippen molar-refractivity contribution in [2.45, 2.75) is 18.2 Å². The molecule has 9 heteroatoms. The van der Waals surface area contributed by atoms with Gasteiger partial charge >= 0.3 is 0 Å². The van der Waals surface area contributed by atoms with E-state index in [1.165, 1.54) is 0 Å². The van der Waals surface area contributed by atoms with Gasteiger partial charge in [-0.15, -0.1) is 11.3 Å². The number of aryl methyl sites for hydroxylation is 1. The van der Waals surface area contributed by atoms with Crippen LogP contribution in [-0.2, 0) is 16.4 Å². The second kappa shape index (κ2) is 7.06. The van der Waals surface area contributed by atoms with E-state index in [2.05, 4.69) is 27.8 Å². The number of piperazine rings is 1. The van der Waals surface area contributed by atoms with E-state index >= 15 is 0 Å². The third-order valence-electron chi connectivity index (χ3n) is 4.76. The highest BCUT2D eigenvalue weighted by Gasteiger charge is 2.24. The lowest BCUT2D eigenvalue weighted by Gasteiger charge is -2.37. The van der Waals surface area contributed by atoms with E-state index in [0.29, 0.717) is 18.8 Å². The van der Waals surface area contributed by atoms with Crippen molar-refractivity contribution in [3.8, 4) is 0 Å². The van der Waals surface area contributed by atoms with Crippen LogP contribution >= 0.6 is 11.3 Å². The van der Waals surface area contributed by atoms with Gasteiger partial charge in [-0.25, -0.2) is 23.5 Å². The second-order valence-corrected chi connectivity index (χ2v) is 8.87. The first-order valence-electron chi connectivity index (χ1n) is 8.83. The smallest absolute Gasteiger partial charge is 0.240 e. The zero-order valence-corrected chi connectivity index (χ0v) is 16.6. The average Bonchev–Trinajstić information content (AvgIpc) is 3.15. The first-order chi connectivity index (χ1) is 13.0. The SMILES string of the molecule is CCc1nc(N2CCN(c3ccccc3S(N)(=O)=O)CC2)c2ccsc2n1. The zero-order valence-electron chi connectivity index (χ0n) is 15.0. The maximum Gasteiger partial charge on any atom is 0.240 e. The lowest BCUT2D eigenvalue weighted by molar-refractivity contribution is 0.595. The molecule has 1 fully saturated rings. The van der Waals surface area contributed by atoms with Gasteiger partial charge in [0.05, 0.1) is 11.1 Å². The summed E-state index contributed by atoms with van der Waals surface area (Å²) < 4.78 is 23.8. The molecule has 27 heavy (non-hydrogen) atoms. The fourth-order valence-electron chi connectivity index (χ4n) is 3.40. The Kier molecular flexibility index (Phi) is 4.75. The van der Waals surface area contributed by atoms with Crippen LogP contribution in [0.4, 0.5) is 11.5 Å². The van der Waals surface area contributed by atoms with Gasteiger partial charge in [-0.05, 0) is 23.6 Å². The van der Waals surface area contributed by atoms with E-state index in [-0.39, 0.29) is 4.90 Å². The molecule has 0 unspecified atom stereocenters. The van der Waals surface area contributed by atoms with Crippen molar-refractivity contribution in [3.63, 3.8) is 0 Å².